The van der Waals surface area contributed by atoms with Crippen LogP contribution in [0.25, 0.3) is 0 Å². The van der Waals surface area contributed by atoms with Crippen molar-refractivity contribution in [2.24, 2.45) is 0 Å². The van der Waals surface area contributed by atoms with Gasteiger partial charge in [0.1, 0.15) is 17.5 Å². The summed E-state index contributed by atoms with van der Waals surface area (Å²) in [6, 6.07) is 26.7. The molecule has 5 rings (SSSR count). The SMILES string of the molecule is COc1ccc(CN(C(=O)COc2ccc(S(=O)(=O)N3CCOCC3)cc2)[C@@H](Cc2ccccc2)C(=O)NCc2ccc(Cl)cc2Cl)cc1. The Bertz CT molecular complexity index is 1820. The number of ether oxygens (including phenoxy) is 3. The van der Waals surface area contributed by atoms with Crippen LogP contribution in [0.3, 0.4) is 0 Å². The third kappa shape index (κ3) is 9.74. The van der Waals surface area contributed by atoms with E-state index >= 15 is 0 Å². The topological polar surface area (TPSA) is 114 Å². The van der Waals surface area contributed by atoms with Crippen molar-refractivity contribution in [3.8, 4) is 11.5 Å². The molecule has 0 aliphatic carbocycles. The van der Waals surface area contributed by atoms with Gasteiger partial charge in [0.05, 0.1) is 25.2 Å². The Balaban J connectivity index is 1.37. The van der Waals surface area contributed by atoms with Crippen LogP contribution in [0.2, 0.25) is 10.0 Å². The number of benzene rings is 4. The van der Waals surface area contributed by atoms with Gasteiger partial charge in [0.15, 0.2) is 6.61 Å². The number of hydrogen-bond acceptors (Lipinski definition) is 7. The number of methoxy groups -OCH3 is 1. The van der Waals surface area contributed by atoms with Crippen molar-refractivity contribution in [3.63, 3.8) is 0 Å². The smallest absolute Gasteiger partial charge is 0.261 e. The predicted molar refractivity (Wildman–Crippen MR) is 187 cm³/mol. The Kier molecular flexibility index (Phi) is 12.5. The number of morpholine rings is 1. The van der Waals surface area contributed by atoms with E-state index in [0.717, 1.165) is 11.1 Å². The Labute approximate surface area is 296 Å². The fourth-order valence-corrected chi connectivity index (χ4v) is 7.20. The van der Waals surface area contributed by atoms with Gasteiger partial charge in [-0.05, 0) is 65.2 Å². The van der Waals surface area contributed by atoms with E-state index in [1.165, 1.54) is 33.5 Å². The zero-order valence-electron chi connectivity index (χ0n) is 26.9. The van der Waals surface area contributed by atoms with Gasteiger partial charge in [-0.3, -0.25) is 9.59 Å². The van der Waals surface area contributed by atoms with E-state index in [4.69, 9.17) is 37.4 Å². The molecule has 1 saturated heterocycles. The molecule has 0 bridgehead atoms. The van der Waals surface area contributed by atoms with E-state index in [9.17, 15) is 18.0 Å². The molecule has 1 aliphatic rings. The summed E-state index contributed by atoms with van der Waals surface area (Å²) in [7, 11) is -2.12. The van der Waals surface area contributed by atoms with Crippen LogP contribution in [-0.4, -0.2) is 75.5 Å². The van der Waals surface area contributed by atoms with Crippen LogP contribution in [0.4, 0.5) is 0 Å². The number of carbonyl (C=O) groups excluding carboxylic acids is 2. The first kappa shape index (κ1) is 36.2. The van der Waals surface area contributed by atoms with E-state index < -0.39 is 28.6 Å². The lowest BCUT2D eigenvalue weighted by Gasteiger charge is -2.31. The second-order valence-corrected chi connectivity index (χ2v) is 14.1. The number of nitrogens with zero attached hydrogens (tertiary/aromatic N) is 2. The molecule has 49 heavy (non-hydrogen) atoms. The zero-order valence-corrected chi connectivity index (χ0v) is 29.2. The molecule has 4 aromatic rings. The number of sulfonamides is 1. The molecule has 2 amide bonds. The summed E-state index contributed by atoms with van der Waals surface area (Å²) in [5.41, 5.74) is 2.31. The molecule has 0 radical (unpaired) electrons. The zero-order chi connectivity index (χ0) is 34.8. The van der Waals surface area contributed by atoms with Gasteiger partial charge < -0.3 is 24.4 Å². The first-order valence-corrected chi connectivity index (χ1v) is 17.8. The van der Waals surface area contributed by atoms with Crippen molar-refractivity contribution in [3.05, 3.63) is 124 Å². The Morgan fingerprint density at radius 2 is 1.57 bits per heavy atom. The quantitative estimate of drug-likeness (QED) is 0.186. The van der Waals surface area contributed by atoms with Gasteiger partial charge in [-0.2, -0.15) is 4.31 Å². The fourth-order valence-electron chi connectivity index (χ4n) is 5.32. The van der Waals surface area contributed by atoms with Crippen LogP contribution in [0.15, 0.2) is 102 Å². The van der Waals surface area contributed by atoms with Gasteiger partial charge in [-0.1, -0.05) is 71.7 Å². The highest BCUT2D eigenvalue weighted by molar-refractivity contribution is 7.89. The highest BCUT2D eigenvalue weighted by Gasteiger charge is 2.31. The Hall–Kier alpha value is -4.13. The van der Waals surface area contributed by atoms with E-state index in [-0.39, 0.29) is 43.4 Å². The molecule has 1 atom stereocenters. The number of carbonyl (C=O) groups is 2. The van der Waals surface area contributed by atoms with Crippen molar-refractivity contribution in [2.75, 3.05) is 40.0 Å². The minimum absolute atomic E-state index is 0.107. The number of hydrogen-bond donors (Lipinski definition) is 1. The van der Waals surface area contributed by atoms with Gasteiger partial charge in [-0.25, -0.2) is 8.42 Å². The summed E-state index contributed by atoms with van der Waals surface area (Å²) in [6.45, 7) is 1.08. The van der Waals surface area contributed by atoms with Crippen molar-refractivity contribution in [1.29, 1.82) is 0 Å². The van der Waals surface area contributed by atoms with Crippen LogP contribution < -0.4 is 14.8 Å². The summed E-state index contributed by atoms with van der Waals surface area (Å²) in [5, 5.41) is 3.84. The third-order valence-corrected chi connectivity index (χ3v) is 10.5. The highest BCUT2D eigenvalue weighted by Crippen LogP contribution is 2.23. The molecular formula is C36H37Cl2N3O7S. The molecule has 0 saturated carbocycles. The summed E-state index contributed by atoms with van der Waals surface area (Å²) < 4.78 is 43.9. The molecule has 10 nitrogen and oxygen atoms in total. The van der Waals surface area contributed by atoms with E-state index in [2.05, 4.69) is 5.32 Å². The number of halogens is 2. The average Bonchev–Trinajstić information content (AvgIpc) is 3.12. The first-order chi connectivity index (χ1) is 23.6. The minimum Gasteiger partial charge on any atom is -0.497 e. The number of nitrogens with one attached hydrogen (secondary N) is 1. The van der Waals surface area contributed by atoms with Crippen LogP contribution in [0.5, 0.6) is 11.5 Å². The number of rotatable bonds is 14. The molecule has 0 spiro atoms. The molecule has 1 aliphatic heterocycles. The summed E-state index contributed by atoms with van der Waals surface area (Å²) in [4.78, 5) is 29.6. The molecule has 1 heterocycles. The third-order valence-electron chi connectivity index (χ3n) is 8.05. The van der Waals surface area contributed by atoms with Crippen molar-refractivity contribution in [1.82, 2.24) is 14.5 Å². The maximum Gasteiger partial charge on any atom is 0.261 e. The van der Waals surface area contributed by atoms with Gasteiger partial charge in [0, 0.05) is 42.6 Å². The lowest BCUT2D eigenvalue weighted by Crippen LogP contribution is -2.51. The van der Waals surface area contributed by atoms with Gasteiger partial charge >= 0.3 is 0 Å². The van der Waals surface area contributed by atoms with Crippen LogP contribution in [0.1, 0.15) is 16.7 Å². The molecule has 4 aromatic carbocycles. The average molecular weight is 727 g/mol. The van der Waals surface area contributed by atoms with Crippen molar-refractivity contribution < 1.29 is 32.2 Å². The van der Waals surface area contributed by atoms with E-state index in [0.29, 0.717) is 40.3 Å². The number of amides is 2. The standard InChI is InChI=1S/C36H37Cl2N3O7S/c1-46-30-11-7-27(8-12-30)24-41(35(42)25-48-31-13-15-32(16-14-31)49(44,45)40-17-19-47-20-18-40)34(21-26-5-3-2-4-6-26)36(43)39-23-28-9-10-29(37)22-33(28)38/h2-16,22,34H,17-21,23-25H2,1H3,(H,39,43)/t34-/m0/s1. The van der Waals surface area contributed by atoms with Gasteiger partial charge in [0.2, 0.25) is 15.9 Å². The molecular weight excluding hydrogens is 689 g/mol. The Morgan fingerprint density at radius 3 is 2.22 bits per heavy atom. The van der Waals surface area contributed by atoms with Crippen LogP contribution in [-0.2, 0) is 43.9 Å². The Morgan fingerprint density at radius 1 is 0.898 bits per heavy atom. The predicted octanol–water partition coefficient (Wildman–Crippen LogP) is 5.36. The largest absolute Gasteiger partial charge is 0.497 e. The molecule has 0 aromatic heterocycles. The maximum absolute atomic E-state index is 14.0. The molecule has 0 unspecified atom stereocenters. The first-order valence-electron chi connectivity index (χ1n) is 15.6. The monoisotopic (exact) mass is 725 g/mol. The minimum atomic E-state index is -3.69. The normalized spacial score (nSPS) is 14.1. The molecule has 258 valence electrons. The fraction of sp³-hybridized carbons (Fsp3) is 0.278. The molecule has 1 fully saturated rings. The van der Waals surface area contributed by atoms with Gasteiger partial charge in [0.25, 0.3) is 5.91 Å². The summed E-state index contributed by atoms with van der Waals surface area (Å²) >= 11 is 12.4. The van der Waals surface area contributed by atoms with Crippen molar-refractivity contribution >= 4 is 45.0 Å². The molecule has 1 N–H and O–H groups in total. The lowest BCUT2D eigenvalue weighted by atomic mass is 10.0. The van der Waals surface area contributed by atoms with E-state index in [1.54, 1.807) is 37.4 Å². The van der Waals surface area contributed by atoms with Crippen LogP contribution in [0, 0.1) is 0 Å². The van der Waals surface area contributed by atoms with Crippen molar-refractivity contribution in [2.45, 2.75) is 30.4 Å². The van der Waals surface area contributed by atoms with E-state index in [1.807, 2.05) is 42.5 Å². The highest BCUT2D eigenvalue weighted by atomic mass is 35.5. The maximum atomic E-state index is 14.0. The summed E-state index contributed by atoms with van der Waals surface area (Å²) in [5.74, 6) is 0.137. The second-order valence-electron chi connectivity index (χ2n) is 11.3. The van der Waals surface area contributed by atoms with Gasteiger partial charge in [-0.15, -0.1) is 0 Å². The summed E-state index contributed by atoms with van der Waals surface area (Å²) in [6.07, 6.45) is 0.233. The van der Waals surface area contributed by atoms with Crippen LogP contribution >= 0.6 is 23.2 Å². The molecule has 13 heteroatoms. The second kappa shape index (κ2) is 17.0. The lowest BCUT2D eigenvalue weighted by molar-refractivity contribution is -0.142.